The summed E-state index contributed by atoms with van der Waals surface area (Å²) in [5, 5.41) is 0.733. The van der Waals surface area contributed by atoms with E-state index in [-0.39, 0.29) is 23.3 Å². The van der Waals surface area contributed by atoms with Crippen LogP contribution >= 0.6 is 34.8 Å². The van der Waals surface area contributed by atoms with Crippen LogP contribution in [-0.2, 0) is 14.6 Å². The number of amides is 1. The zero-order chi connectivity index (χ0) is 14.9. The highest BCUT2D eigenvalue weighted by molar-refractivity contribution is 7.91. The Morgan fingerprint density at radius 3 is 2.55 bits per heavy atom. The standard InChI is InChI=1S/C12H12Cl3NO3S/c13-6-12(17)16(9-3-4-20(18,19)7-9)11-2-1-8(14)5-10(11)15/h1-2,5,9H,3-4,6-7H2. The lowest BCUT2D eigenvalue weighted by Gasteiger charge is -2.28. The zero-order valence-corrected chi connectivity index (χ0v) is 13.4. The fourth-order valence-corrected chi connectivity index (χ4v) is 4.58. The van der Waals surface area contributed by atoms with Crippen molar-refractivity contribution >= 4 is 56.2 Å². The SMILES string of the molecule is O=C(CCl)N(c1ccc(Cl)cc1Cl)C1CCS(=O)(=O)C1. The Kier molecular flexibility index (Phi) is 4.84. The minimum absolute atomic E-state index is 0.0644. The van der Waals surface area contributed by atoms with Crippen LogP contribution in [0, 0.1) is 0 Å². The second kappa shape index (κ2) is 6.10. The molecule has 0 saturated carbocycles. The number of benzene rings is 1. The number of sulfone groups is 1. The molecule has 1 fully saturated rings. The minimum Gasteiger partial charge on any atom is -0.306 e. The van der Waals surface area contributed by atoms with Crippen LogP contribution < -0.4 is 4.90 Å². The maximum atomic E-state index is 12.1. The number of anilines is 1. The first-order valence-electron chi connectivity index (χ1n) is 5.87. The highest BCUT2D eigenvalue weighted by Crippen LogP contribution is 2.33. The Morgan fingerprint density at radius 1 is 1.35 bits per heavy atom. The van der Waals surface area contributed by atoms with Gasteiger partial charge in [-0.05, 0) is 24.6 Å². The van der Waals surface area contributed by atoms with Gasteiger partial charge in [0.2, 0.25) is 5.91 Å². The zero-order valence-electron chi connectivity index (χ0n) is 10.4. The average Bonchev–Trinajstić information content (AvgIpc) is 2.72. The summed E-state index contributed by atoms with van der Waals surface area (Å²) < 4.78 is 23.2. The molecule has 1 unspecified atom stereocenters. The Bertz CT molecular complexity index is 633. The molecule has 0 N–H and O–H groups in total. The van der Waals surface area contributed by atoms with Gasteiger partial charge in [0.15, 0.2) is 9.84 Å². The maximum absolute atomic E-state index is 12.1. The first-order valence-corrected chi connectivity index (χ1v) is 8.99. The molecule has 0 bridgehead atoms. The molecule has 8 heteroatoms. The van der Waals surface area contributed by atoms with Gasteiger partial charge >= 0.3 is 0 Å². The first-order chi connectivity index (χ1) is 9.34. The summed E-state index contributed by atoms with van der Waals surface area (Å²) in [4.78, 5) is 13.4. The van der Waals surface area contributed by atoms with Crippen LogP contribution in [0.2, 0.25) is 10.0 Å². The highest BCUT2D eigenvalue weighted by atomic mass is 35.5. The summed E-state index contributed by atoms with van der Waals surface area (Å²) in [6.07, 6.45) is 0.379. The Balaban J connectivity index is 2.40. The summed E-state index contributed by atoms with van der Waals surface area (Å²) in [7, 11) is -3.12. The van der Waals surface area contributed by atoms with E-state index in [1.165, 1.54) is 11.0 Å². The van der Waals surface area contributed by atoms with Crippen LogP contribution in [0.15, 0.2) is 18.2 Å². The monoisotopic (exact) mass is 355 g/mol. The molecule has 0 radical (unpaired) electrons. The average molecular weight is 357 g/mol. The summed E-state index contributed by atoms with van der Waals surface area (Å²) in [5.74, 6) is -0.628. The Hall–Kier alpha value is -0.490. The molecule has 0 aliphatic carbocycles. The van der Waals surface area contributed by atoms with Gasteiger partial charge in [-0.2, -0.15) is 0 Å². The van der Waals surface area contributed by atoms with Crippen LogP contribution in [-0.4, -0.2) is 37.8 Å². The topological polar surface area (TPSA) is 54.5 Å². The van der Waals surface area contributed by atoms with E-state index >= 15 is 0 Å². The molecule has 0 aromatic heterocycles. The van der Waals surface area contributed by atoms with Crippen molar-refractivity contribution in [2.75, 3.05) is 22.3 Å². The number of carbonyl (C=O) groups is 1. The molecule has 1 aliphatic rings. The number of rotatable bonds is 3. The molecule has 1 heterocycles. The van der Waals surface area contributed by atoms with E-state index in [1.54, 1.807) is 12.1 Å². The van der Waals surface area contributed by atoms with Gasteiger partial charge < -0.3 is 4.90 Å². The van der Waals surface area contributed by atoms with Crippen LogP contribution in [0.3, 0.4) is 0 Å². The van der Waals surface area contributed by atoms with Crippen molar-refractivity contribution in [3.05, 3.63) is 28.2 Å². The van der Waals surface area contributed by atoms with Gasteiger partial charge in [0.1, 0.15) is 5.88 Å². The van der Waals surface area contributed by atoms with Crippen molar-refractivity contribution in [2.24, 2.45) is 0 Å². The fourth-order valence-electron chi connectivity index (χ4n) is 2.25. The molecule has 0 spiro atoms. The van der Waals surface area contributed by atoms with Crippen LogP contribution in [0.4, 0.5) is 5.69 Å². The third-order valence-electron chi connectivity index (χ3n) is 3.13. The van der Waals surface area contributed by atoms with E-state index in [0.717, 1.165) is 0 Å². The predicted molar refractivity (Wildman–Crippen MR) is 81.7 cm³/mol. The van der Waals surface area contributed by atoms with Gasteiger partial charge in [-0.15, -0.1) is 11.6 Å². The summed E-state index contributed by atoms with van der Waals surface area (Å²) in [6, 6.07) is 4.27. The Labute approximate surface area is 132 Å². The summed E-state index contributed by atoms with van der Waals surface area (Å²) in [6.45, 7) is 0. The van der Waals surface area contributed by atoms with Gasteiger partial charge in [0.25, 0.3) is 0 Å². The van der Waals surface area contributed by atoms with E-state index in [4.69, 9.17) is 34.8 Å². The summed E-state index contributed by atoms with van der Waals surface area (Å²) in [5.41, 5.74) is 0.434. The number of carbonyl (C=O) groups excluding carboxylic acids is 1. The van der Waals surface area contributed by atoms with Crippen molar-refractivity contribution in [3.8, 4) is 0 Å². The third kappa shape index (κ3) is 3.39. The minimum atomic E-state index is -3.12. The second-order valence-electron chi connectivity index (χ2n) is 4.55. The number of hydrogen-bond acceptors (Lipinski definition) is 3. The molecule has 4 nitrogen and oxygen atoms in total. The molecule has 1 aliphatic heterocycles. The lowest BCUT2D eigenvalue weighted by atomic mass is 10.2. The second-order valence-corrected chi connectivity index (χ2v) is 7.89. The van der Waals surface area contributed by atoms with Crippen molar-refractivity contribution in [3.63, 3.8) is 0 Å². The molecule has 1 amide bonds. The van der Waals surface area contributed by atoms with Gasteiger partial charge in [-0.25, -0.2) is 8.42 Å². The van der Waals surface area contributed by atoms with Crippen molar-refractivity contribution < 1.29 is 13.2 Å². The summed E-state index contributed by atoms with van der Waals surface area (Å²) >= 11 is 17.6. The number of alkyl halides is 1. The van der Waals surface area contributed by atoms with Gasteiger partial charge in [-0.3, -0.25) is 4.79 Å². The molecule has 20 heavy (non-hydrogen) atoms. The first kappa shape index (κ1) is 15.9. The molecular weight excluding hydrogens is 345 g/mol. The molecule has 1 atom stereocenters. The molecule has 1 aromatic carbocycles. The molecular formula is C12H12Cl3NO3S. The largest absolute Gasteiger partial charge is 0.306 e. The lowest BCUT2D eigenvalue weighted by molar-refractivity contribution is -0.116. The molecule has 1 aromatic rings. The van der Waals surface area contributed by atoms with E-state index in [2.05, 4.69) is 0 Å². The van der Waals surface area contributed by atoms with E-state index in [1.807, 2.05) is 0 Å². The van der Waals surface area contributed by atoms with Gasteiger partial charge in [-0.1, -0.05) is 23.2 Å². The van der Waals surface area contributed by atoms with Crippen LogP contribution in [0.1, 0.15) is 6.42 Å². The van der Waals surface area contributed by atoms with E-state index in [9.17, 15) is 13.2 Å². The van der Waals surface area contributed by atoms with Crippen molar-refractivity contribution in [1.82, 2.24) is 0 Å². The number of nitrogens with zero attached hydrogens (tertiary/aromatic N) is 1. The lowest BCUT2D eigenvalue weighted by Crippen LogP contribution is -2.42. The van der Waals surface area contributed by atoms with E-state index in [0.29, 0.717) is 22.2 Å². The predicted octanol–water partition coefficient (Wildman–Crippen LogP) is 2.75. The maximum Gasteiger partial charge on any atom is 0.242 e. The number of hydrogen-bond donors (Lipinski definition) is 0. The molecule has 110 valence electrons. The quantitative estimate of drug-likeness (QED) is 0.783. The van der Waals surface area contributed by atoms with Crippen molar-refractivity contribution in [1.29, 1.82) is 0 Å². The molecule has 2 rings (SSSR count). The highest BCUT2D eigenvalue weighted by Gasteiger charge is 2.35. The third-order valence-corrected chi connectivity index (χ3v) is 5.64. The Morgan fingerprint density at radius 2 is 2.05 bits per heavy atom. The molecule has 1 saturated heterocycles. The van der Waals surface area contributed by atoms with E-state index < -0.39 is 15.9 Å². The van der Waals surface area contributed by atoms with Gasteiger partial charge in [0.05, 0.1) is 28.3 Å². The normalized spacial score (nSPS) is 20.9. The van der Waals surface area contributed by atoms with Crippen LogP contribution in [0.25, 0.3) is 0 Å². The number of halogens is 3. The smallest absolute Gasteiger partial charge is 0.242 e. The van der Waals surface area contributed by atoms with Gasteiger partial charge in [0, 0.05) is 5.02 Å². The van der Waals surface area contributed by atoms with Crippen LogP contribution in [0.5, 0.6) is 0 Å². The fraction of sp³-hybridized carbons (Fsp3) is 0.417. The van der Waals surface area contributed by atoms with Crippen molar-refractivity contribution in [2.45, 2.75) is 12.5 Å².